The highest BCUT2D eigenvalue weighted by Crippen LogP contribution is 2.53. The summed E-state index contributed by atoms with van der Waals surface area (Å²) < 4.78 is 52.0. The van der Waals surface area contributed by atoms with Gasteiger partial charge >= 0.3 is 6.18 Å². The lowest BCUT2D eigenvalue weighted by atomic mass is 10.0. The van der Waals surface area contributed by atoms with E-state index in [1.54, 1.807) is 0 Å². The molecule has 1 saturated carbocycles. The van der Waals surface area contributed by atoms with E-state index in [4.69, 9.17) is 6.57 Å². The topological polar surface area (TPSA) is 27.8 Å². The Labute approximate surface area is 118 Å². The van der Waals surface area contributed by atoms with Gasteiger partial charge in [0.1, 0.15) is 5.82 Å². The maximum absolute atomic E-state index is 13.6. The molecule has 4 atom stereocenters. The molecule has 21 heavy (non-hydrogen) atoms. The first-order chi connectivity index (χ1) is 9.82. The van der Waals surface area contributed by atoms with E-state index in [-0.39, 0.29) is 23.2 Å². The second-order valence-corrected chi connectivity index (χ2v) is 5.54. The van der Waals surface area contributed by atoms with Crippen LogP contribution in [0.2, 0.25) is 0 Å². The minimum Gasteiger partial charge on any atom is -0.382 e. The van der Waals surface area contributed by atoms with Gasteiger partial charge in [-0.05, 0) is 30.4 Å². The lowest BCUT2D eigenvalue weighted by molar-refractivity contribution is -0.210. The first-order valence-corrected chi connectivity index (χ1v) is 6.51. The van der Waals surface area contributed by atoms with Crippen LogP contribution in [0.25, 0.3) is 4.85 Å². The number of aliphatic hydroxyl groups is 1. The summed E-state index contributed by atoms with van der Waals surface area (Å²) in [4.78, 5) is 4.39. The van der Waals surface area contributed by atoms with Crippen LogP contribution in [0.4, 0.5) is 28.9 Å². The van der Waals surface area contributed by atoms with Gasteiger partial charge in [-0.2, -0.15) is 13.2 Å². The summed E-state index contributed by atoms with van der Waals surface area (Å²) in [5.41, 5.74) is 0.108. The van der Waals surface area contributed by atoms with Crippen LogP contribution < -0.4 is 4.90 Å². The molecule has 3 rings (SSSR count). The van der Waals surface area contributed by atoms with Gasteiger partial charge in [0, 0.05) is 12.2 Å². The van der Waals surface area contributed by atoms with E-state index >= 15 is 0 Å². The SMILES string of the molecule is [C-]#[N+]c1ccc(N2C[C@@H]3C[C@@H]3[C@@H]2[C@@H](O)C(F)(F)F)cc1F. The van der Waals surface area contributed by atoms with Gasteiger partial charge in [0.2, 0.25) is 5.69 Å². The van der Waals surface area contributed by atoms with Gasteiger partial charge in [-0.25, -0.2) is 9.24 Å². The zero-order chi connectivity index (χ0) is 15.4. The number of anilines is 1. The highest BCUT2D eigenvalue weighted by molar-refractivity contribution is 5.58. The Morgan fingerprint density at radius 3 is 2.67 bits per heavy atom. The molecular weight excluding hydrogens is 288 g/mol. The third-order valence-corrected chi connectivity index (χ3v) is 4.25. The molecule has 0 spiro atoms. The van der Waals surface area contributed by atoms with Crippen LogP contribution in [0, 0.1) is 24.2 Å². The Morgan fingerprint density at radius 1 is 1.38 bits per heavy atom. The molecule has 1 aliphatic heterocycles. The average Bonchev–Trinajstić information content (AvgIpc) is 3.08. The molecule has 1 aromatic carbocycles. The van der Waals surface area contributed by atoms with Crippen molar-refractivity contribution in [1.82, 2.24) is 0 Å². The average molecular weight is 300 g/mol. The van der Waals surface area contributed by atoms with Gasteiger partial charge in [0.25, 0.3) is 0 Å². The minimum atomic E-state index is -4.70. The summed E-state index contributed by atoms with van der Waals surface area (Å²) in [6.07, 6.45) is -6.48. The lowest BCUT2D eigenvalue weighted by Crippen LogP contribution is -2.49. The number of hydrogen-bond donors (Lipinski definition) is 1. The molecule has 0 amide bonds. The fourth-order valence-corrected chi connectivity index (χ4v) is 3.15. The zero-order valence-electron chi connectivity index (χ0n) is 10.8. The number of alkyl halides is 3. The number of nitrogens with zero attached hydrogens (tertiary/aromatic N) is 2. The van der Waals surface area contributed by atoms with E-state index in [0.29, 0.717) is 13.0 Å². The highest BCUT2D eigenvalue weighted by atomic mass is 19.4. The molecule has 1 aliphatic carbocycles. The number of benzene rings is 1. The van der Waals surface area contributed by atoms with E-state index in [1.807, 2.05) is 0 Å². The molecule has 2 aliphatic rings. The Morgan fingerprint density at radius 2 is 2.10 bits per heavy atom. The predicted molar refractivity (Wildman–Crippen MR) is 67.5 cm³/mol. The maximum atomic E-state index is 13.6. The van der Waals surface area contributed by atoms with Crippen molar-refractivity contribution in [2.45, 2.75) is 24.7 Å². The number of fused-ring (bicyclic) bond motifs is 1. The van der Waals surface area contributed by atoms with Gasteiger partial charge in [-0.1, -0.05) is 6.07 Å². The van der Waals surface area contributed by atoms with Crippen molar-refractivity contribution >= 4 is 11.4 Å². The number of rotatable bonds is 2. The quantitative estimate of drug-likeness (QED) is 0.671. The van der Waals surface area contributed by atoms with E-state index in [1.165, 1.54) is 17.0 Å². The predicted octanol–water partition coefficient (Wildman–Crippen LogP) is 3.12. The molecule has 112 valence electrons. The summed E-state index contributed by atoms with van der Waals surface area (Å²) >= 11 is 0. The highest BCUT2D eigenvalue weighted by Gasteiger charge is 2.60. The minimum absolute atomic E-state index is 0.121. The summed E-state index contributed by atoms with van der Waals surface area (Å²) in [6, 6.07) is 2.66. The molecule has 0 unspecified atom stereocenters. The molecule has 1 heterocycles. The van der Waals surface area contributed by atoms with Gasteiger partial charge in [-0.3, -0.25) is 0 Å². The fraction of sp³-hybridized carbons (Fsp3) is 0.500. The standard InChI is InChI=1S/C14H12F4N2O/c1-19-11-3-2-8(5-10(11)15)20-6-7-4-9(7)12(20)13(21)14(16,17)18/h2-3,5,7,9,12-13,21H,4,6H2/t7-,9-,12+,13+/m0/s1. The molecule has 1 saturated heterocycles. The van der Waals surface area contributed by atoms with Crippen molar-refractivity contribution in [3.63, 3.8) is 0 Å². The van der Waals surface area contributed by atoms with Gasteiger partial charge in [0.05, 0.1) is 12.6 Å². The Hall–Kier alpha value is -1.81. The van der Waals surface area contributed by atoms with Crippen molar-refractivity contribution in [3.8, 4) is 0 Å². The van der Waals surface area contributed by atoms with Crippen molar-refractivity contribution in [3.05, 3.63) is 35.4 Å². The van der Waals surface area contributed by atoms with Crippen LogP contribution in [0.15, 0.2) is 18.2 Å². The summed E-state index contributed by atoms with van der Waals surface area (Å²) in [6.45, 7) is 7.15. The normalized spacial score (nSPS) is 29.0. The van der Waals surface area contributed by atoms with Crippen molar-refractivity contribution in [2.24, 2.45) is 11.8 Å². The number of halogens is 4. The van der Waals surface area contributed by atoms with Crippen LogP contribution >= 0.6 is 0 Å². The third kappa shape index (κ3) is 2.33. The molecule has 0 bridgehead atoms. The Balaban J connectivity index is 1.91. The van der Waals surface area contributed by atoms with Gasteiger partial charge in [0.15, 0.2) is 6.10 Å². The summed E-state index contributed by atoms with van der Waals surface area (Å²) in [5.74, 6) is -0.843. The van der Waals surface area contributed by atoms with Crippen LogP contribution in [0.5, 0.6) is 0 Å². The largest absolute Gasteiger partial charge is 0.416 e. The van der Waals surface area contributed by atoms with E-state index in [0.717, 1.165) is 6.07 Å². The first-order valence-electron chi connectivity index (χ1n) is 6.51. The first kappa shape index (κ1) is 14.1. The fourth-order valence-electron chi connectivity index (χ4n) is 3.15. The van der Waals surface area contributed by atoms with E-state index in [2.05, 4.69) is 4.85 Å². The van der Waals surface area contributed by atoms with Gasteiger partial charge < -0.3 is 10.0 Å². The maximum Gasteiger partial charge on any atom is 0.416 e. The van der Waals surface area contributed by atoms with Crippen molar-refractivity contribution < 1.29 is 22.7 Å². The lowest BCUT2D eigenvalue weighted by Gasteiger charge is -2.33. The molecule has 0 aromatic heterocycles. The number of piperidine rings is 1. The molecule has 2 fully saturated rings. The molecule has 7 heteroatoms. The molecule has 1 aromatic rings. The summed E-state index contributed by atoms with van der Waals surface area (Å²) in [5, 5.41) is 9.58. The van der Waals surface area contributed by atoms with Crippen LogP contribution in [0.1, 0.15) is 6.42 Å². The molecular formula is C14H12F4N2O. The zero-order valence-corrected chi connectivity index (χ0v) is 10.8. The Bertz CT molecular complexity index is 610. The smallest absolute Gasteiger partial charge is 0.382 e. The second-order valence-electron chi connectivity index (χ2n) is 5.54. The van der Waals surface area contributed by atoms with E-state index < -0.39 is 24.1 Å². The van der Waals surface area contributed by atoms with Crippen LogP contribution in [0.3, 0.4) is 0 Å². The number of aliphatic hydroxyl groups excluding tert-OH is 1. The van der Waals surface area contributed by atoms with Crippen LogP contribution in [-0.4, -0.2) is 30.0 Å². The van der Waals surface area contributed by atoms with Gasteiger partial charge in [-0.15, -0.1) is 0 Å². The molecule has 1 N–H and O–H groups in total. The number of hydrogen-bond acceptors (Lipinski definition) is 2. The van der Waals surface area contributed by atoms with Crippen molar-refractivity contribution in [1.29, 1.82) is 0 Å². The Kier molecular flexibility index (Phi) is 3.10. The van der Waals surface area contributed by atoms with Crippen molar-refractivity contribution in [2.75, 3.05) is 11.4 Å². The molecule has 0 radical (unpaired) electrons. The third-order valence-electron chi connectivity index (χ3n) is 4.25. The van der Waals surface area contributed by atoms with Crippen LogP contribution in [-0.2, 0) is 0 Å². The molecule has 3 nitrogen and oxygen atoms in total. The summed E-state index contributed by atoms with van der Waals surface area (Å²) in [7, 11) is 0. The monoisotopic (exact) mass is 300 g/mol. The second kappa shape index (κ2) is 4.60. The van der Waals surface area contributed by atoms with E-state index in [9.17, 15) is 22.7 Å².